The summed E-state index contributed by atoms with van der Waals surface area (Å²) in [6.07, 6.45) is 5.34. The van der Waals surface area contributed by atoms with Crippen LogP contribution in [0.3, 0.4) is 0 Å². The molecule has 3 unspecified atom stereocenters. The zero-order valence-corrected chi connectivity index (χ0v) is 12.1. The van der Waals surface area contributed by atoms with Crippen molar-refractivity contribution >= 4 is 11.6 Å². The SMILES string of the molecule is Fc1ccc(C#CCCl)c(OCC2CC3CCC2C3)c1. The lowest BCUT2D eigenvalue weighted by atomic mass is 9.89. The Bertz CT molecular complexity index is 546. The van der Waals surface area contributed by atoms with Gasteiger partial charge in [0.1, 0.15) is 11.6 Å². The van der Waals surface area contributed by atoms with Crippen molar-refractivity contribution in [1.29, 1.82) is 0 Å². The monoisotopic (exact) mass is 292 g/mol. The summed E-state index contributed by atoms with van der Waals surface area (Å²) in [5.74, 6) is 8.59. The number of hydrogen-bond acceptors (Lipinski definition) is 1. The van der Waals surface area contributed by atoms with E-state index in [1.54, 1.807) is 6.07 Å². The van der Waals surface area contributed by atoms with Crippen LogP contribution in [0.25, 0.3) is 0 Å². The summed E-state index contributed by atoms with van der Waals surface area (Å²) in [4.78, 5) is 0. The van der Waals surface area contributed by atoms with Crippen molar-refractivity contribution in [3.05, 3.63) is 29.6 Å². The number of alkyl halides is 1. The first-order valence-electron chi connectivity index (χ1n) is 7.23. The first-order chi connectivity index (χ1) is 9.76. The van der Waals surface area contributed by atoms with Gasteiger partial charge in [0.05, 0.1) is 18.1 Å². The van der Waals surface area contributed by atoms with Gasteiger partial charge in [-0.25, -0.2) is 4.39 Å². The lowest BCUT2D eigenvalue weighted by Crippen LogP contribution is -2.18. The molecule has 106 valence electrons. The third kappa shape index (κ3) is 2.94. The molecule has 0 radical (unpaired) electrons. The van der Waals surface area contributed by atoms with Gasteiger partial charge >= 0.3 is 0 Å². The van der Waals surface area contributed by atoms with Gasteiger partial charge in [0.25, 0.3) is 0 Å². The molecule has 0 amide bonds. The van der Waals surface area contributed by atoms with Crippen molar-refractivity contribution in [1.82, 2.24) is 0 Å². The van der Waals surface area contributed by atoms with E-state index in [4.69, 9.17) is 16.3 Å². The quantitative estimate of drug-likeness (QED) is 0.598. The Hall–Kier alpha value is -1.20. The van der Waals surface area contributed by atoms with Crippen LogP contribution in [0, 0.1) is 35.4 Å². The van der Waals surface area contributed by atoms with Gasteiger partial charge in [-0.15, -0.1) is 11.6 Å². The van der Waals surface area contributed by atoms with Crippen molar-refractivity contribution in [2.45, 2.75) is 25.7 Å². The van der Waals surface area contributed by atoms with Crippen molar-refractivity contribution < 1.29 is 9.13 Å². The summed E-state index contributed by atoms with van der Waals surface area (Å²) >= 11 is 5.57. The molecule has 1 aromatic carbocycles. The van der Waals surface area contributed by atoms with E-state index in [1.807, 2.05) is 0 Å². The topological polar surface area (TPSA) is 9.23 Å². The Morgan fingerprint density at radius 1 is 1.30 bits per heavy atom. The van der Waals surface area contributed by atoms with Crippen LogP contribution in [0.2, 0.25) is 0 Å². The lowest BCUT2D eigenvalue weighted by Gasteiger charge is -2.22. The average molecular weight is 293 g/mol. The van der Waals surface area contributed by atoms with E-state index in [9.17, 15) is 4.39 Å². The Morgan fingerprint density at radius 3 is 2.90 bits per heavy atom. The van der Waals surface area contributed by atoms with Gasteiger partial charge < -0.3 is 4.74 Å². The molecule has 1 nitrogen and oxygen atoms in total. The number of halogens is 2. The van der Waals surface area contributed by atoms with Crippen LogP contribution in [-0.4, -0.2) is 12.5 Å². The summed E-state index contributed by atoms with van der Waals surface area (Å²) in [7, 11) is 0. The van der Waals surface area contributed by atoms with Gasteiger partial charge in [0, 0.05) is 6.07 Å². The number of rotatable bonds is 3. The second-order valence-electron chi connectivity index (χ2n) is 5.82. The highest BCUT2D eigenvalue weighted by Gasteiger charge is 2.39. The minimum atomic E-state index is -0.288. The molecule has 3 heteroatoms. The fraction of sp³-hybridized carbons (Fsp3) is 0.529. The molecule has 1 aromatic rings. The van der Waals surface area contributed by atoms with Gasteiger partial charge in [-0.1, -0.05) is 18.3 Å². The minimum absolute atomic E-state index is 0.267. The molecule has 0 spiro atoms. The molecule has 0 aromatic heterocycles. The fourth-order valence-corrected chi connectivity index (χ4v) is 3.69. The predicted molar refractivity (Wildman–Crippen MR) is 78.4 cm³/mol. The summed E-state index contributed by atoms with van der Waals surface area (Å²) in [6, 6.07) is 4.49. The molecule has 20 heavy (non-hydrogen) atoms. The zero-order chi connectivity index (χ0) is 13.9. The molecule has 3 atom stereocenters. The molecule has 3 rings (SSSR count). The Kier molecular flexibility index (Phi) is 4.17. The van der Waals surface area contributed by atoms with Crippen LogP contribution in [0.4, 0.5) is 4.39 Å². The first-order valence-corrected chi connectivity index (χ1v) is 7.77. The molecule has 2 saturated carbocycles. The van der Waals surface area contributed by atoms with E-state index >= 15 is 0 Å². The Morgan fingerprint density at radius 2 is 2.20 bits per heavy atom. The molecule has 2 bridgehead atoms. The number of fused-ring (bicyclic) bond motifs is 2. The van der Waals surface area contributed by atoms with Gasteiger partial charge in [0.2, 0.25) is 0 Å². The van der Waals surface area contributed by atoms with Crippen LogP contribution >= 0.6 is 11.6 Å². The molecule has 0 N–H and O–H groups in total. The minimum Gasteiger partial charge on any atom is -0.492 e. The van der Waals surface area contributed by atoms with Gasteiger partial charge in [0.15, 0.2) is 0 Å². The fourth-order valence-electron chi connectivity index (χ4n) is 3.62. The van der Waals surface area contributed by atoms with Crippen molar-refractivity contribution in [3.63, 3.8) is 0 Å². The molecule has 2 aliphatic carbocycles. The highest BCUT2D eigenvalue weighted by atomic mass is 35.5. The molecule has 0 heterocycles. The largest absolute Gasteiger partial charge is 0.492 e. The van der Waals surface area contributed by atoms with E-state index < -0.39 is 0 Å². The van der Waals surface area contributed by atoms with Gasteiger partial charge in [-0.2, -0.15) is 0 Å². The predicted octanol–water partition coefficient (Wildman–Crippen LogP) is 4.23. The van der Waals surface area contributed by atoms with Crippen molar-refractivity contribution in [2.24, 2.45) is 17.8 Å². The normalized spacial score (nSPS) is 27.2. The van der Waals surface area contributed by atoms with Crippen LogP contribution in [-0.2, 0) is 0 Å². The van der Waals surface area contributed by atoms with Crippen LogP contribution in [0.1, 0.15) is 31.2 Å². The van der Waals surface area contributed by atoms with E-state index in [2.05, 4.69) is 11.8 Å². The maximum absolute atomic E-state index is 13.4. The lowest BCUT2D eigenvalue weighted by molar-refractivity contribution is 0.194. The molecule has 0 aliphatic heterocycles. The van der Waals surface area contributed by atoms with Crippen LogP contribution in [0.5, 0.6) is 5.75 Å². The van der Waals surface area contributed by atoms with E-state index in [-0.39, 0.29) is 11.7 Å². The number of ether oxygens (including phenoxy) is 1. The number of hydrogen-bond donors (Lipinski definition) is 0. The second-order valence-corrected chi connectivity index (χ2v) is 6.09. The maximum Gasteiger partial charge on any atom is 0.137 e. The van der Waals surface area contributed by atoms with Crippen molar-refractivity contribution in [2.75, 3.05) is 12.5 Å². The highest BCUT2D eigenvalue weighted by molar-refractivity contribution is 6.19. The van der Waals surface area contributed by atoms with E-state index in [1.165, 1.54) is 37.8 Å². The molecule has 0 saturated heterocycles. The van der Waals surface area contributed by atoms with Crippen molar-refractivity contribution in [3.8, 4) is 17.6 Å². The summed E-state index contributed by atoms with van der Waals surface area (Å²) in [5.41, 5.74) is 0.718. The molecular weight excluding hydrogens is 275 g/mol. The second kappa shape index (κ2) is 6.06. The number of benzene rings is 1. The van der Waals surface area contributed by atoms with E-state index in [0.717, 1.165) is 17.4 Å². The Labute approximate surface area is 124 Å². The van der Waals surface area contributed by atoms with Crippen LogP contribution in [0.15, 0.2) is 18.2 Å². The standard InChI is InChI=1S/C17H18ClFO/c18-7-1-2-13-5-6-16(19)10-17(13)20-11-15-9-12-3-4-14(15)8-12/h5-6,10,12,14-15H,3-4,7-9,11H2. The Balaban J connectivity index is 1.68. The zero-order valence-electron chi connectivity index (χ0n) is 11.4. The van der Waals surface area contributed by atoms with E-state index in [0.29, 0.717) is 18.3 Å². The molecule has 2 fully saturated rings. The molecule has 2 aliphatic rings. The summed E-state index contributed by atoms with van der Waals surface area (Å²) < 4.78 is 19.2. The highest BCUT2D eigenvalue weighted by Crippen LogP contribution is 2.48. The van der Waals surface area contributed by atoms with Crippen LogP contribution < -0.4 is 4.74 Å². The third-order valence-corrected chi connectivity index (χ3v) is 4.70. The van der Waals surface area contributed by atoms with Gasteiger partial charge in [-0.05, 0) is 49.1 Å². The third-order valence-electron chi connectivity index (χ3n) is 4.57. The smallest absolute Gasteiger partial charge is 0.137 e. The average Bonchev–Trinajstić information content (AvgIpc) is 3.06. The summed E-state index contributed by atoms with van der Waals surface area (Å²) in [5, 5.41) is 0. The first kappa shape index (κ1) is 13.8. The summed E-state index contributed by atoms with van der Waals surface area (Å²) in [6.45, 7) is 0.681. The van der Waals surface area contributed by atoms with Gasteiger partial charge in [-0.3, -0.25) is 0 Å². The maximum atomic E-state index is 13.4. The molecular formula is C17H18ClFO.